The Bertz CT molecular complexity index is 1290. The van der Waals surface area contributed by atoms with Gasteiger partial charge in [0.25, 0.3) is 11.1 Å². The van der Waals surface area contributed by atoms with E-state index in [-0.39, 0.29) is 23.7 Å². The first-order chi connectivity index (χ1) is 15.8. The molecule has 2 amide bonds. The molecule has 7 heteroatoms. The highest BCUT2D eigenvalue weighted by atomic mass is 32.2. The fourth-order valence-electron chi connectivity index (χ4n) is 3.93. The quantitative estimate of drug-likeness (QED) is 0.375. The third-order valence-corrected chi connectivity index (χ3v) is 6.67. The monoisotopic (exact) mass is 460 g/mol. The first kappa shape index (κ1) is 22.6. The van der Waals surface area contributed by atoms with E-state index in [0.717, 1.165) is 45.5 Å². The van der Waals surface area contributed by atoms with Crippen molar-refractivity contribution >= 4 is 35.0 Å². The van der Waals surface area contributed by atoms with Crippen molar-refractivity contribution in [2.24, 2.45) is 0 Å². The number of aryl methyl sites for hydroxylation is 2. The molecular formula is C26H24N2O4S. The largest absolute Gasteiger partial charge is 0.465 e. The maximum Gasteiger partial charge on any atom is 0.337 e. The van der Waals surface area contributed by atoms with Crippen LogP contribution in [0.2, 0.25) is 0 Å². The Balaban J connectivity index is 1.61. The van der Waals surface area contributed by atoms with Gasteiger partial charge in [-0.15, -0.1) is 0 Å². The molecule has 1 fully saturated rings. The third-order valence-electron chi connectivity index (χ3n) is 5.77. The topological polar surface area (TPSA) is 68.6 Å². The summed E-state index contributed by atoms with van der Waals surface area (Å²) in [5.41, 5.74) is 6.15. The van der Waals surface area contributed by atoms with Gasteiger partial charge in [0, 0.05) is 17.1 Å². The zero-order chi connectivity index (χ0) is 23.7. The number of amides is 2. The lowest BCUT2D eigenvalue weighted by Crippen LogP contribution is -2.27. The van der Waals surface area contributed by atoms with Crippen molar-refractivity contribution in [3.05, 3.63) is 93.1 Å². The molecule has 0 atom stereocenters. The number of carbonyl (C=O) groups excluding carboxylic acids is 3. The lowest BCUT2D eigenvalue weighted by Gasteiger charge is -2.14. The molecule has 4 rings (SSSR count). The smallest absolute Gasteiger partial charge is 0.337 e. The van der Waals surface area contributed by atoms with Crippen LogP contribution in [0.3, 0.4) is 0 Å². The van der Waals surface area contributed by atoms with E-state index < -0.39 is 0 Å². The Kier molecular flexibility index (Phi) is 6.24. The molecule has 2 heterocycles. The Morgan fingerprint density at radius 3 is 2.39 bits per heavy atom. The van der Waals surface area contributed by atoms with Gasteiger partial charge in [-0.1, -0.05) is 24.3 Å². The standard InChI is InChI=1S/C26H24N2O4S/c1-16-7-5-6-8-20(16)15-27-24(29)23(33-26(27)31)14-21-13-17(2)28(18(21)3)22-11-9-19(10-12-22)25(30)32-4/h5-14H,15H2,1-4H3/b23-14-. The molecule has 1 aliphatic heterocycles. The number of methoxy groups -OCH3 is 1. The number of benzene rings is 2. The molecule has 1 aromatic heterocycles. The average Bonchev–Trinajstić information content (AvgIpc) is 3.23. The molecule has 1 aliphatic rings. The van der Waals surface area contributed by atoms with Crippen LogP contribution in [0.25, 0.3) is 11.8 Å². The molecule has 0 bridgehead atoms. The van der Waals surface area contributed by atoms with Gasteiger partial charge in [0.05, 0.1) is 24.1 Å². The van der Waals surface area contributed by atoms with E-state index >= 15 is 0 Å². The van der Waals surface area contributed by atoms with Gasteiger partial charge in [-0.05, 0) is 85.6 Å². The van der Waals surface area contributed by atoms with Gasteiger partial charge >= 0.3 is 5.97 Å². The number of carbonyl (C=O) groups is 3. The first-order valence-corrected chi connectivity index (χ1v) is 11.3. The molecule has 33 heavy (non-hydrogen) atoms. The minimum Gasteiger partial charge on any atom is -0.465 e. The molecule has 0 N–H and O–H groups in total. The zero-order valence-corrected chi connectivity index (χ0v) is 19.7. The molecule has 168 valence electrons. The first-order valence-electron chi connectivity index (χ1n) is 10.5. The van der Waals surface area contributed by atoms with Crippen LogP contribution in [-0.2, 0) is 16.1 Å². The number of rotatable bonds is 5. The highest BCUT2D eigenvalue weighted by molar-refractivity contribution is 8.18. The summed E-state index contributed by atoms with van der Waals surface area (Å²) < 4.78 is 6.81. The summed E-state index contributed by atoms with van der Waals surface area (Å²) in [6, 6.07) is 16.9. The molecule has 3 aromatic rings. The predicted molar refractivity (Wildman–Crippen MR) is 129 cm³/mol. The van der Waals surface area contributed by atoms with Gasteiger partial charge in [-0.25, -0.2) is 4.79 Å². The van der Waals surface area contributed by atoms with Gasteiger partial charge in [-0.3, -0.25) is 14.5 Å². The molecule has 2 aromatic carbocycles. The van der Waals surface area contributed by atoms with E-state index in [2.05, 4.69) is 0 Å². The van der Waals surface area contributed by atoms with Crippen LogP contribution in [0, 0.1) is 20.8 Å². The Morgan fingerprint density at radius 2 is 1.73 bits per heavy atom. The summed E-state index contributed by atoms with van der Waals surface area (Å²) >= 11 is 0.967. The number of aromatic nitrogens is 1. The summed E-state index contributed by atoms with van der Waals surface area (Å²) in [6.45, 7) is 6.17. The molecule has 0 spiro atoms. The van der Waals surface area contributed by atoms with Crippen LogP contribution < -0.4 is 0 Å². The van der Waals surface area contributed by atoms with Gasteiger partial charge in [0.1, 0.15) is 0 Å². The fraction of sp³-hybridized carbons (Fsp3) is 0.192. The second kappa shape index (κ2) is 9.11. The normalized spacial score (nSPS) is 14.9. The summed E-state index contributed by atoms with van der Waals surface area (Å²) in [5, 5.41) is -0.262. The average molecular weight is 461 g/mol. The fourth-order valence-corrected chi connectivity index (χ4v) is 4.76. The van der Waals surface area contributed by atoms with E-state index in [1.807, 2.05) is 67.8 Å². The Hall–Kier alpha value is -3.58. The van der Waals surface area contributed by atoms with E-state index in [4.69, 9.17) is 4.74 Å². The second-order valence-corrected chi connectivity index (χ2v) is 8.89. The minimum atomic E-state index is -0.385. The maximum absolute atomic E-state index is 13.0. The number of thioether (sulfide) groups is 1. The summed E-state index contributed by atoms with van der Waals surface area (Å²) in [4.78, 5) is 39.0. The van der Waals surface area contributed by atoms with Crippen molar-refractivity contribution in [2.45, 2.75) is 27.3 Å². The molecule has 0 saturated carbocycles. The van der Waals surface area contributed by atoms with Crippen molar-refractivity contribution in [1.82, 2.24) is 9.47 Å². The molecule has 6 nitrogen and oxygen atoms in total. The number of ether oxygens (including phenoxy) is 1. The van der Waals surface area contributed by atoms with Crippen LogP contribution in [0.1, 0.15) is 38.4 Å². The zero-order valence-electron chi connectivity index (χ0n) is 18.9. The summed E-state index contributed by atoms with van der Waals surface area (Å²) in [7, 11) is 1.35. The second-order valence-electron chi connectivity index (χ2n) is 7.89. The van der Waals surface area contributed by atoms with Crippen LogP contribution in [0.5, 0.6) is 0 Å². The molecule has 0 unspecified atom stereocenters. The van der Waals surface area contributed by atoms with Crippen LogP contribution in [0.15, 0.2) is 59.5 Å². The van der Waals surface area contributed by atoms with E-state index in [9.17, 15) is 14.4 Å². The Labute approximate surface area is 196 Å². The lowest BCUT2D eigenvalue weighted by atomic mass is 10.1. The number of hydrogen-bond acceptors (Lipinski definition) is 5. The van der Waals surface area contributed by atoms with Crippen molar-refractivity contribution in [2.75, 3.05) is 7.11 Å². The summed E-state index contributed by atoms with van der Waals surface area (Å²) in [5.74, 6) is -0.662. The van der Waals surface area contributed by atoms with E-state index in [0.29, 0.717) is 10.5 Å². The van der Waals surface area contributed by atoms with Gasteiger partial charge in [0.15, 0.2) is 0 Å². The lowest BCUT2D eigenvalue weighted by molar-refractivity contribution is -0.123. The molecule has 0 aliphatic carbocycles. The van der Waals surface area contributed by atoms with Crippen molar-refractivity contribution < 1.29 is 19.1 Å². The van der Waals surface area contributed by atoms with Crippen molar-refractivity contribution in [3.8, 4) is 5.69 Å². The molecule has 0 radical (unpaired) electrons. The van der Waals surface area contributed by atoms with Crippen LogP contribution >= 0.6 is 11.8 Å². The third kappa shape index (κ3) is 4.36. The molecular weight excluding hydrogens is 436 g/mol. The predicted octanol–water partition coefficient (Wildman–Crippen LogP) is 5.43. The number of esters is 1. The van der Waals surface area contributed by atoms with Gasteiger partial charge in [0.2, 0.25) is 0 Å². The number of hydrogen-bond donors (Lipinski definition) is 0. The van der Waals surface area contributed by atoms with Crippen molar-refractivity contribution in [3.63, 3.8) is 0 Å². The van der Waals surface area contributed by atoms with Crippen molar-refractivity contribution in [1.29, 1.82) is 0 Å². The minimum absolute atomic E-state index is 0.262. The van der Waals surface area contributed by atoms with E-state index in [1.54, 1.807) is 18.2 Å². The Morgan fingerprint density at radius 1 is 1.03 bits per heavy atom. The van der Waals surface area contributed by atoms with Gasteiger partial charge < -0.3 is 9.30 Å². The summed E-state index contributed by atoms with van der Waals surface area (Å²) in [6.07, 6.45) is 1.78. The highest BCUT2D eigenvalue weighted by Crippen LogP contribution is 2.35. The van der Waals surface area contributed by atoms with Crippen LogP contribution in [-0.4, -0.2) is 33.7 Å². The number of nitrogens with zero attached hydrogens (tertiary/aromatic N) is 2. The maximum atomic E-state index is 13.0. The molecule has 1 saturated heterocycles. The van der Waals surface area contributed by atoms with E-state index in [1.165, 1.54) is 12.0 Å². The van der Waals surface area contributed by atoms with Gasteiger partial charge in [-0.2, -0.15) is 0 Å². The van der Waals surface area contributed by atoms with Crippen LogP contribution in [0.4, 0.5) is 4.79 Å². The number of imide groups is 1. The highest BCUT2D eigenvalue weighted by Gasteiger charge is 2.35. The SMILES string of the molecule is COC(=O)c1ccc(-n2c(C)cc(/C=C3\SC(=O)N(Cc4ccccc4C)C3=O)c2C)cc1.